The minimum Gasteiger partial charge on any atom is -0.393 e. The Morgan fingerprint density at radius 2 is 1.86 bits per heavy atom. The van der Waals surface area contributed by atoms with Gasteiger partial charge in [-0.1, -0.05) is 0 Å². The molecule has 1 aliphatic rings. The molecule has 1 aliphatic heterocycles. The second-order valence-corrected chi connectivity index (χ2v) is 1.22. The van der Waals surface area contributed by atoms with Crippen LogP contribution < -0.4 is 0 Å². The number of hydrogen-bond donors (Lipinski definition) is 0. The second kappa shape index (κ2) is 1.09. The zero-order valence-corrected chi connectivity index (χ0v) is 3.38. The topological polar surface area (TPSA) is 43.4 Å². The van der Waals surface area contributed by atoms with Gasteiger partial charge in [0.05, 0.1) is 0 Å². The van der Waals surface area contributed by atoms with Crippen molar-refractivity contribution in [2.24, 2.45) is 0 Å². The normalized spacial score (nSPS) is 21.1. The van der Waals surface area contributed by atoms with E-state index < -0.39 is 17.8 Å². The average molecular weight is 95.8 g/mol. The van der Waals surface area contributed by atoms with Gasteiger partial charge in [0.2, 0.25) is 0 Å². The molecule has 0 aromatic heterocycles. The summed E-state index contributed by atoms with van der Waals surface area (Å²) in [7, 11) is 4.84. The van der Waals surface area contributed by atoms with E-state index in [1.54, 1.807) is 0 Å². The van der Waals surface area contributed by atoms with Crippen molar-refractivity contribution in [3.05, 3.63) is 0 Å². The molecule has 0 aromatic carbocycles. The molecule has 0 amide bonds. The van der Waals surface area contributed by atoms with Gasteiger partial charge in [-0.05, 0) is 0 Å². The van der Waals surface area contributed by atoms with Crippen LogP contribution >= 0.6 is 0 Å². The van der Waals surface area contributed by atoms with Crippen LogP contribution in [-0.2, 0) is 14.3 Å². The Balaban J connectivity index is 2.59. The molecule has 0 unspecified atom stereocenters. The number of esters is 2. The number of rotatable bonds is 0. The number of ether oxygens (including phenoxy) is 1. The summed E-state index contributed by atoms with van der Waals surface area (Å²) in [5, 5.41) is 0. The van der Waals surface area contributed by atoms with Crippen molar-refractivity contribution < 1.29 is 14.3 Å². The first-order valence-electron chi connectivity index (χ1n) is 1.73. The Morgan fingerprint density at radius 1 is 1.43 bits per heavy atom. The third-order valence-electron chi connectivity index (χ3n) is 0.709. The van der Waals surface area contributed by atoms with Crippen LogP contribution in [0.1, 0.15) is 0 Å². The van der Waals surface area contributed by atoms with E-state index in [1.807, 2.05) is 0 Å². The molecule has 34 valence electrons. The van der Waals surface area contributed by atoms with E-state index in [0.29, 0.717) is 0 Å². The number of carbonyl (C=O) groups excluding carboxylic acids is 2. The Morgan fingerprint density at radius 3 is 1.86 bits per heavy atom. The van der Waals surface area contributed by atoms with Gasteiger partial charge in [-0.25, -0.2) is 0 Å². The van der Waals surface area contributed by atoms with Crippen molar-refractivity contribution >= 4 is 19.8 Å². The van der Waals surface area contributed by atoms with Crippen molar-refractivity contribution in [3.63, 3.8) is 0 Å². The predicted molar refractivity (Wildman–Crippen MR) is 20.6 cm³/mol. The third kappa shape index (κ3) is 0.426. The molecule has 2 radical (unpaired) electrons. The maximum absolute atomic E-state index is 9.87. The highest BCUT2D eigenvalue weighted by molar-refractivity contribution is 6.40. The molecule has 1 fully saturated rings. The fraction of sp³-hybridized carbons (Fsp3) is 0.333. The van der Waals surface area contributed by atoms with E-state index in [1.165, 1.54) is 0 Å². The summed E-state index contributed by atoms with van der Waals surface area (Å²) in [5.41, 5.74) is 0. The molecule has 0 N–H and O–H groups in total. The van der Waals surface area contributed by atoms with Crippen LogP contribution in [0, 0.1) is 0 Å². The summed E-state index contributed by atoms with van der Waals surface area (Å²) >= 11 is 0. The summed E-state index contributed by atoms with van der Waals surface area (Å²) in [6.07, 6.45) is 0. The standard InChI is InChI=1S/C3HBO3/c4-1-2(5)7-3(1)6/h1H. The third-order valence-corrected chi connectivity index (χ3v) is 0.709. The first kappa shape index (κ1) is 4.37. The highest BCUT2D eigenvalue weighted by Gasteiger charge is 2.36. The Hall–Kier alpha value is -0.795. The molecule has 0 atom stereocenters. The first-order valence-corrected chi connectivity index (χ1v) is 1.73. The average Bonchev–Trinajstić information content (AvgIpc) is 1.68. The zero-order valence-electron chi connectivity index (χ0n) is 3.38. The minimum atomic E-state index is -1.00. The molecule has 0 spiro atoms. The lowest BCUT2D eigenvalue weighted by Crippen LogP contribution is -2.35. The molecule has 3 nitrogen and oxygen atoms in total. The van der Waals surface area contributed by atoms with Crippen LogP contribution in [0.4, 0.5) is 0 Å². The lowest BCUT2D eigenvalue weighted by atomic mass is 9.84. The quantitative estimate of drug-likeness (QED) is 0.221. The lowest BCUT2D eigenvalue weighted by molar-refractivity contribution is -0.174. The second-order valence-electron chi connectivity index (χ2n) is 1.22. The number of hydrogen-bond acceptors (Lipinski definition) is 3. The molecule has 7 heavy (non-hydrogen) atoms. The molecule has 0 bridgehead atoms. The van der Waals surface area contributed by atoms with Gasteiger partial charge < -0.3 is 4.74 Å². The van der Waals surface area contributed by atoms with Crippen molar-refractivity contribution in [1.29, 1.82) is 0 Å². The first-order chi connectivity index (χ1) is 3.22. The van der Waals surface area contributed by atoms with E-state index >= 15 is 0 Å². The largest absolute Gasteiger partial charge is 0.393 e. The minimum absolute atomic E-state index is 0.634. The van der Waals surface area contributed by atoms with E-state index in [0.717, 1.165) is 0 Å². The van der Waals surface area contributed by atoms with E-state index in [-0.39, 0.29) is 0 Å². The van der Waals surface area contributed by atoms with E-state index in [4.69, 9.17) is 7.85 Å². The summed E-state index contributed by atoms with van der Waals surface area (Å²) in [6.45, 7) is 0. The van der Waals surface area contributed by atoms with E-state index in [2.05, 4.69) is 4.74 Å². The number of cyclic esters (lactones) is 2. The Bertz CT molecular complexity index is 116. The van der Waals surface area contributed by atoms with Gasteiger partial charge in [-0.15, -0.1) is 0 Å². The summed E-state index contributed by atoms with van der Waals surface area (Å²) < 4.78 is 3.85. The molecule has 0 saturated carbocycles. The van der Waals surface area contributed by atoms with Crippen LogP contribution in [-0.4, -0.2) is 19.8 Å². The summed E-state index contributed by atoms with van der Waals surface area (Å²) in [5.74, 6) is -2.27. The molecular weight excluding hydrogens is 94.8 g/mol. The van der Waals surface area contributed by atoms with Gasteiger partial charge >= 0.3 is 11.9 Å². The van der Waals surface area contributed by atoms with Crippen LogP contribution in [0.2, 0.25) is 5.82 Å². The SMILES string of the molecule is [B]C1C(=O)OC1=O. The van der Waals surface area contributed by atoms with Crippen molar-refractivity contribution in [2.45, 2.75) is 5.82 Å². The van der Waals surface area contributed by atoms with Gasteiger partial charge in [0.25, 0.3) is 0 Å². The molecule has 4 heteroatoms. The van der Waals surface area contributed by atoms with Gasteiger partial charge in [0, 0.05) is 0 Å². The molecule has 1 rings (SSSR count). The van der Waals surface area contributed by atoms with Gasteiger partial charge in [-0.3, -0.25) is 9.59 Å². The van der Waals surface area contributed by atoms with E-state index in [9.17, 15) is 9.59 Å². The van der Waals surface area contributed by atoms with Crippen LogP contribution in [0.25, 0.3) is 0 Å². The maximum atomic E-state index is 9.87. The molecule has 1 saturated heterocycles. The molecule has 1 heterocycles. The van der Waals surface area contributed by atoms with Crippen molar-refractivity contribution in [1.82, 2.24) is 0 Å². The maximum Gasteiger partial charge on any atom is 0.318 e. The smallest absolute Gasteiger partial charge is 0.318 e. The van der Waals surface area contributed by atoms with Crippen LogP contribution in [0.5, 0.6) is 0 Å². The Kier molecular flexibility index (Phi) is 0.677. The van der Waals surface area contributed by atoms with Gasteiger partial charge in [0.1, 0.15) is 13.7 Å². The predicted octanol–water partition coefficient (Wildman–Crippen LogP) is -0.973. The van der Waals surface area contributed by atoms with Crippen molar-refractivity contribution in [3.8, 4) is 0 Å². The molecule has 0 aromatic rings. The van der Waals surface area contributed by atoms with Crippen LogP contribution in [0.15, 0.2) is 0 Å². The molecule has 0 aliphatic carbocycles. The van der Waals surface area contributed by atoms with Gasteiger partial charge in [0.15, 0.2) is 0 Å². The number of carbonyl (C=O) groups is 2. The van der Waals surface area contributed by atoms with Crippen LogP contribution in [0.3, 0.4) is 0 Å². The highest BCUT2D eigenvalue weighted by atomic mass is 16.6. The lowest BCUT2D eigenvalue weighted by Gasteiger charge is -2.16. The zero-order chi connectivity index (χ0) is 5.44. The fourth-order valence-corrected chi connectivity index (χ4v) is 0.264. The summed E-state index contributed by atoms with van der Waals surface area (Å²) in [6, 6.07) is 0. The Labute approximate surface area is 41.1 Å². The monoisotopic (exact) mass is 96.0 g/mol. The molecular formula is C3HBO3. The fourth-order valence-electron chi connectivity index (χ4n) is 0.264. The highest BCUT2D eigenvalue weighted by Crippen LogP contribution is 2.15. The summed E-state index contributed by atoms with van der Waals surface area (Å²) in [4.78, 5) is 19.7. The van der Waals surface area contributed by atoms with Crippen molar-refractivity contribution in [2.75, 3.05) is 0 Å². The van der Waals surface area contributed by atoms with Gasteiger partial charge in [-0.2, -0.15) is 0 Å².